The maximum atomic E-state index is 13.1. The topological polar surface area (TPSA) is 50.8 Å². The molecule has 29 heavy (non-hydrogen) atoms. The molecule has 1 amide bonds. The minimum atomic E-state index is 0.109. The summed E-state index contributed by atoms with van der Waals surface area (Å²) in [6, 6.07) is 6.59. The predicted octanol–water partition coefficient (Wildman–Crippen LogP) is 3.68. The Bertz CT molecular complexity index is 772. The van der Waals surface area contributed by atoms with Gasteiger partial charge < -0.3 is 14.8 Å². The van der Waals surface area contributed by atoms with E-state index in [4.69, 9.17) is 9.47 Å². The molecule has 4 bridgehead atoms. The van der Waals surface area contributed by atoms with E-state index in [0.29, 0.717) is 25.8 Å². The second-order valence-electron chi connectivity index (χ2n) is 10.3. The zero-order valence-corrected chi connectivity index (χ0v) is 17.2. The SMILES string of the molecule is O=C(CN1CCC[C@H]1c1ccc2c(c1)OCCO2)NC12CC3CC(CC(C3)C1)C2. The molecule has 6 aliphatic rings. The Labute approximate surface area is 173 Å². The number of hydrogen-bond acceptors (Lipinski definition) is 4. The summed E-state index contributed by atoms with van der Waals surface area (Å²) in [5, 5.41) is 3.55. The van der Waals surface area contributed by atoms with Crippen LogP contribution < -0.4 is 14.8 Å². The highest BCUT2D eigenvalue weighted by molar-refractivity contribution is 5.79. The molecule has 5 heteroatoms. The average molecular weight is 397 g/mol. The third-order valence-corrected chi connectivity index (χ3v) is 8.10. The number of nitrogens with one attached hydrogen (secondary N) is 1. The van der Waals surface area contributed by atoms with Gasteiger partial charge in [-0.25, -0.2) is 0 Å². The highest BCUT2D eigenvalue weighted by Crippen LogP contribution is 2.55. The molecule has 0 unspecified atom stereocenters. The van der Waals surface area contributed by atoms with Crippen LogP contribution in [0.25, 0.3) is 0 Å². The lowest BCUT2D eigenvalue weighted by Crippen LogP contribution is -2.60. The highest BCUT2D eigenvalue weighted by atomic mass is 16.6. The molecule has 0 aromatic heterocycles. The molecule has 1 saturated heterocycles. The Hall–Kier alpha value is -1.75. The Morgan fingerprint density at radius 1 is 1.03 bits per heavy atom. The number of likely N-dealkylation sites (tertiary alicyclic amines) is 1. The molecule has 2 heterocycles. The van der Waals surface area contributed by atoms with Gasteiger partial charge >= 0.3 is 0 Å². The largest absolute Gasteiger partial charge is 0.486 e. The second kappa shape index (κ2) is 6.90. The number of rotatable bonds is 4. The van der Waals surface area contributed by atoms with Crippen molar-refractivity contribution in [2.45, 2.75) is 62.9 Å². The number of carbonyl (C=O) groups excluding carboxylic acids is 1. The molecule has 1 aromatic rings. The minimum absolute atomic E-state index is 0.109. The number of carbonyl (C=O) groups is 1. The van der Waals surface area contributed by atoms with Gasteiger partial charge in [-0.3, -0.25) is 9.69 Å². The maximum Gasteiger partial charge on any atom is 0.234 e. The molecule has 156 valence electrons. The Morgan fingerprint density at radius 2 is 1.72 bits per heavy atom. The molecule has 4 saturated carbocycles. The van der Waals surface area contributed by atoms with E-state index in [0.717, 1.165) is 48.6 Å². The lowest BCUT2D eigenvalue weighted by atomic mass is 9.53. The third-order valence-electron chi connectivity index (χ3n) is 8.10. The van der Waals surface area contributed by atoms with Gasteiger partial charge in [0, 0.05) is 11.6 Å². The van der Waals surface area contributed by atoms with Gasteiger partial charge in [-0.05, 0) is 93.4 Å². The van der Waals surface area contributed by atoms with E-state index in [1.807, 2.05) is 6.07 Å². The average Bonchev–Trinajstić information content (AvgIpc) is 3.14. The Morgan fingerprint density at radius 3 is 2.45 bits per heavy atom. The Kier molecular flexibility index (Phi) is 4.30. The Balaban J connectivity index is 1.14. The van der Waals surface area contributed by atoms with Crippen molar-refractivity contribution in [2.24, 2.45) is 17.8 Å². The first-order chi connectivity index (χ1) is 14.2. The number of amides is 1. The van der Waals surface area contributed by atoms with Crippen LogP contribution in [0, 0.1) is 17.8 Å². The first-order valence-electron chi connectivity index (χ1n) is 11.6. The van der Waals surface area contributed by atoms with Crippen LogP contribution >= 0.6 is 0 Å². The van der Waals surface area contributed by atoms with Crippen LogP contribution in [0.1, 0.15) is 63.0 Å². The van der Waals surface area contributed by atoms with Crippen LogP contribution in [-0.4, -0.2) is 42.6 Å². The zero-order valence-electron chi connectivity index (χ0n) is 17.2. The van der Waals surface area contributed by atoms with Crippen molar-refractivity contribution in [1.82, 2.24) is 10.2 Å². The first-order valence-corrected chi connectivity index (χ1v) is 11.6. The number of nitrogens with zero attached hydrogens (tertiary/aromatic N) is 1. The van der Waals surface area contributed by atoms with E-state index in [2.05, 4.69) is 22.3 Å². The van der Waals surface area contributed by atoms with Crippen LogP contribution in [0.15, 0.2) is 18.2 Å². The lowest BCUT2D eigenvalue weighted by Gasteiger charge is -2.57. The van der Waals surface area contributed by atoms with Gasteiger partial charge in [-0.1, -0.05) is 6.07 Å². The molecule has 2 aliphatic heterocycles. The molecule has 7 rings (SSSR count). The fourth-order valence-electron chi connectivity index (χ4n) is 7.44. The van der Waals surface area contributed by atoms with Crippen molar-refractivity contribution in [1.29, 1.82) is 0 Å². The quantitative estimate of drug-likeness (QED) is 0.844. The molecule has 5 fully saturated rings. The van der Waals surface area contributed by atoms with Crippen molar-refractivity contribution in [3.8, 4) is 11.5 Å². The monoisotopic (exact) mass is 396 g/mol. The van der Waals surface area contributed by atoms with Gasteiger partial charge in [0.05, 0.1) is 6.54 Å². The molecular formula is C24H32N2O3. The molecule has 0 radical (unpaired) electrons. The normalized spacial score (nSPS) is 37.7. The fourth-order valence-corrected chi connectivity index (χ4v) is 7.44. The van der Waals surface area contributed by atoms with Gasteiger partial charge in [0.1, 0.15) is 13.2 Å². The highest BCUT2D eigenvalue weighted by Gasteiger charge is 2.51. The van der Waals surface area contributed by atoms with E-state index < -0.39 is 0 Å². The van der Waals surface area contributed by atoms with Crippen LogP contribution in [-0.2, 0) is 4.79 Å². The van der Waals surface area contributed by atoms with E-state index in [1.54, 1.807) is 0 Å². The van der Waals surface area contributed by atoms with E-state index in [-0.39, 0.29) is 11.4 Å². The molecule has 1 atom stereocenters. The van der Waals surface area contributed by atoms with Gasteiger partial charge in [0.2, 0.25) is 5.91 Å². The minimum Gasteiger partial charge on any atom is -0.486 e. The molecule has 1 aromatic carbocycles. The van der Waals surface area contributed by atoms with Crippen LogP contribution in [0.4, 0.5) is 0 Å². The molecule has 0 spiro atoms. The van der Waals surface area contributed by atoms with Crippen molar-refractivity contribution < 1.29 is 14.3 Å². The third kappa shape index (κ3) is 3.31. The predicted molar refractivity (Wildman–Crippen MR) is 110 cm³/mol. The van der Waals surface area contributed by atoms with Crippen LogP contribution in [0.2, 0.25) is 0 Å². The van der Waals surface area contributed by atoms with Gasteiger partial charge in [0.25, 0.3) is 0 Å². The summed E-state index contributed by atoms with van der Waals surface area (Å²) in [6.45, 7) is 2.74. The van der Waals surface area contributed by atoms with Crippen molar-refractivity contribution >= 4 is 5.91 Å². The van der Waals surface area contributed by atoms with Gasteiger partial charge in [0.15, 0.2) is 11.5 Å². The molecule has 5 nitrogen and oxygen atoms in total. The standard InChI is InChI=1S/C24H32N2O3/c27-23(25-24-12-16-8-17(13-24)10-18(9-16)14-24)15-26-5-1-2-20(26)19-3-4-21-22(11-19)29-7-6-28-21/h3-4,11,16-18,20H,1-2,5-10,12-15H2,(H,25,27)/t16?,17?,18?,20-,24?/m0/s1. The summed E-state index contributed by atoms with van der Waals surface area (Å²) in [6.07, 6.45) is 10.1. The molecular weight excluding hydrogens is 364 g/mol. The van der Waals surface area contributed by atoms with E-state index in [9.17, 15) is 4.79 Å². The first kappa shape index (κ1) is 18.1. The summed E-state index contributed by atoms with van der Waals surface area (Å²) < 4.78 is 11.4. The number of hydrogen-bond donors (Lipinski definition) is 1. The smallest absolute Gasteiger partial charge is 0.234 e. The number of fused-ring (bicyclic) bond motifs is 1. The summed E-state index contributed by atoms with van der Waals surface area (Å²) >= 11 is 0. The molecule has 4 aliphatic carbocycles. The van der Waals surface area contributed by atoms with Crippen LogP contribution in [0.5, 0.6) is 11.5 Å². The molecule has 1 N–H and O–H groups in total. The number of benzene rings is 1. The summed E-state index contributed by atoms with van der Waals surface area (Å²) in [5.74, 6) is 4.50. The van der Waals surface area contributed by atoms with Gasteiger partial charge in [-0.15, -0.1) is 0 Å². The van der Waals surface area contributed by atoms with E-state index in [1.165, 1.54) is 44.1 Å². The fraction of sp³-hybridized carbons (Fsp3) is 0.708. The van der Waals surface area contributed by atoms with Crippen LogP contribution in [0.3, 0.4) is 0 Å². The summed E-state index contributed by atoms with van der Waals surface area (Å²) in [5.41, 5.74) is 1.35. The van der Waals surface area contributed by atoms with Gasteiger partial charge in [-0.2, -0.15) is 0 Å². The maximum absolute atomic E-state index is 13.1. The zero-order chi connectivity index (χ0) is 19.4. The van der Waals surface area contributed by atoms with Crippen molar-refractivity contribution in [3.63, 3.8) is 0 Å². The van der Waals surface area contributed by atoms with Crippen molar-refractivity contribution in [3.05, 3.63) is 23.8 Å². The van der Waals surface area contributed by atoms with Crippen molar-refractivity contribution in [2.75, 3.05) is 26.3 Å². The summed E-state index contributed by atoms with van der Waals surface area (Å²) in [4.78, 5) is 15.5. The lowest BCUT2D eigenvalue weighted by molar-refractivity contribution is -0.128. The summed E-state index contributed by atoms with van der Waals surface area (Å²) in [7, 11) is 0. The number of ether oxygens (including phenoxy) is 2. The second-order valence-corrected chi connectivity index (χ2v) is 10.3. The van der Waals surface area contributed by atoms with E-state index >= 15 is 0 Å².